The van der Waals surface area contributed by atoms with E-state index in [-0.39, 0.29) is 0 Å². The van der Waals surface area contributed by atoms with Gasteiger partial charge < -0.3 is 25.0 Å². The summed E-state index contributed by atoms with van der Waals surface area (Å²) >= 11 is 0. The molecule has 3 rings (SSSR count). The zero-order valence-corrected chi connectivity index (χ0v) is 18.5. The third kappa shape index (κ3) is 5.81. The van der Waals surface area contributed by atoms with Crippen molar-refractivity contribution < 1.29 is 9.47 Å². The van der Waals surface area contributed by atoms with E-state index in [4.69, 9.17) is 14.5 Å². The molecule has 30 heavy (non-hydrogen) atoms. The molecule has 3 N–H and O–H groups in total. The van der Waals surface area contributed by atoms with Crippen molar-refractivity contribution in [3.63, 3.8) is 0 Å². The summed E-state index contributed by atoms with van der Waals surface area (Å²) in [6.45, 7) is 7.66. The van der Waals surface area contributed by atoms with Crippen molar-refractivity contribution in [1.82, 2.24) is 20.8 Å². The lowest BCUT2D eigenvalue weighted by atomic mass is 10.1. The molecule has 0 radical (unpaired) electrons. The molecule has 0 aliphatic carbocycles. The average molecular weight is 415 g/mol. The Morgan fingerprint density at radius 1 is 1.27 bits per heavy atom. The normalized spacial score (nSPS) is 16.6. The highest BCUT2D eigenvalue weighted by Crippen LogP contribution is 2.30. The fraction of sp³-hybridized carbons (Fsp3) is 0.545. The number of nitrogens with one attached hydrogen (secondary N) is 3. The molecule has 1 unspecified atom stereocenters. The Morgan fingerprint density at radius 3 is 2.67 bits per heavy atom. The lowest BCUT2D eigenvalue weighted by Crippen LogP contribution is -2.44. The predicted molar refractivity (Wildman–Crippen MR) is 121 cm³/mol. The Labute approximate surface area is 179 Å². The summed E-state index contributed by atoms with van der Waals surface area (Å²) in [5.74, 6) is 2.50. The minimum Gasteiger partial charge on any atom is -0.497 e. The molecule has 8 nitrogen and oxygen atoms in total. The topological polar surface area (TPSA) is 86.8 Å². The maximum atomic E-state index is 5.41. The molecule has 1 fully saturated rings. The van der Waals surface area contributed by atoms with E-state index in [1.165, 1.54) is 5.56 Å². The van der Waals surface area contributed by atoms with Crippen LogP contribution in [-0.2, 0) is 6.42 Å². The third-order valence-electron chi connectivity index (χ3n) is 5.38. The molecule has 0 bridgehead atoms. The Kier molecular flexibility index (Phi) is 7.82. The fourth-order valence-electron chi connectivity index (χ4n) is 3.69. The molecule has 1 aliphatic rings. The van der Waals surface area contributed by atoms with E-state index in [1.54, 1.807) is 14.2 Å². The van der Waals surface area contributed by atoms with E-state index in [0.29, 0.717) is 6.04 Å². The Hall–Kier alpha value is -2.90. The lowest BCUT2D eigenvalue weighted by Gasteiger charge is -2.21. The van der Waals surface area contributed by atoms with Crippen LogP contribution in [0.25, 0.3) is 0 Å². The number of guanidine groups is 1. The summed E-state index contributed by atoms with van der Waals surface area (Å²) in [7, 11) is 3.36. The first kappa shape index (κ1) is 21.8. The highest BCUT2D eigenvalue weighted by molar-refractivity contribution is 5.80. The Bertz CT molecular complexity index is 813. The molecule has 2 heterocycles. The quantitative estimate of drug-likeness (QED) is 0.332. The number of aromatic amines is 1. The second-order valence-electron chi connectivity index (χ2n) is 7.53. The molecule has 0 spiro atoms. The summed E-state index contributed by atoms with van der Waals surface area (Å²) in [5.41, 5.74) is 3.53. The molecule has 1 atom stereocenters. The van der Waals surface area contributed by atoms with Crippen LogP contribution in [0.2, 0.25) is 0 Å². The number of methoxy groups -OCH3 is 2. The van der Waals surface area contributed by atoms with Gasteiger partial charge in [-0.15, -0.1) is 0 Å². The molecular formula is C22H34N6O2. The van der Waals surface area contributed by atoms with E-state index in [1.807, 2.05) is 12.3 Å². The molecular weight excluding hydrogens is 380 g/mol. The van der Waals surface area contributed by atoms with Gasteiger partial charge in [-0.2, -0.15) is 5.10 Å². The van der Waals surface area contributed by atoms with Crippen LogP contribution < -0.4 is 25.0 Å². The number of ether oxygens (including phenoxy) is 2. The molecule has 1 saturated heterocycles. The Balaban J connectivity index is 1.54. The maximum Gasteiger partial charge on any atom is 0.191 e. The summed E-state index contributed by atoms with van der Waals surface area (Å²) < 4.78 is 10.8. The number of hydrogen-bond donors (Lipinski definition) is 3. The minimum absolute atomic E-state index is 0.344. The molecule has 2 aromatic rings. The van der Waals surface area contributed by atoms with Gasteiger partial charge in [-0.1, -0.05) is 0 Å². The zero-order valence-electron chi connectivity index (χ0n) is 18.5. The molecule has 1 aromatic carbocycles. The first-order valence-corrected chi connectivity index (χ1v) is 10.6. The number of aryl methyl sites for hydroxylation is 2. The van der Waals surface area contributed by atoms with Gasteiger partial charge >= 0.3 is 0 Å². The van der Waals surface area contributed by atoms with Gasteiger partial charge in [0.2, 0.25) is 0 Å². The van der Waals surface area contributed by atoms with E-state index >= 15 is 0 Å². The van der Waals surface area contributed by atoms with Crippen molar-refractivity contribution in [3.8, 4) is 11.5 Å². The molecule has 164 valence electrons. The molecule has 1 aliphatic heterocycles. The minimum atomic E-state index is 0.344. The van der Waals surface area contributed by atoms with E-state index in [9.17, 15) is 0 Å². The Morgan fingerprint density at radius 2 is 2.03 bits per heavy atom. The van der Waals surface area contributed by atoms with Gasteiger partial charge in [0.05, 0.1) is 20.4 Å². The van der Waals surface area contributed by atoms with Gasteiger partial charge in [-0.05, 0) is 38.7 Å². The molecule has 8 heteroatoms. The van der Waals surface area contributed by atoms with Crippen molar-refractivity contribution >= 4 is 11.6 Å². The van der Waals surface area contributed by atoms with Gasteiger partial charge in [0.25, 0.3) is 0 Å². The lowest BCUT2D eigenvalue weighted by molar-refractivity contribution is 0.394. The SMILES string of the molecule is CCNC(=NCCCc1cn[nH]c1C)NC1CCN(c2cc(OC)cc(OC)c2)C1. The van der Waals surface area contributed by atoms with Crippen LogP contribution in [0.1, 0.15) is 31.0 Å². The molecule has 0 amide bonds. The molecule has 1 aromatic heterocycles. The standard InChI is InChI=1S/C22H34N6O2/c1-5-23-22(24-9-6-7-17-14-25-27-16(17)2)26-18-8-10-28(15-18)19-11-20(29-3)13-21(12-19)30-4/h11-14,18H,5-10,15H2,1-4H3,(H,25,27)(H2,23,24,26). The van der Waals surface area contributed by atoms with Crippen molar-refractivity contribution in [3.05, 3.63) is 35.7 Å². The van der Waals surface area contributed by atoms with Crippen LogP contribution in [-0.4, -0.2) is 62.6 Å². The number of rotatable bonds is 9. The number of benzene rings is 1. The second-order valence-corrected chi connectivity index (χ2v) is 7.53. The van der Waals surface area contributed by atoms with Gasteiger partial charge in [0.1, 0.15) is 11.5 Å². The second kappa shape index (κ2) is 10.8. The van der Waals surface area contributed by atoms with E-state index < -0.39 is 0 Å². The van der Waals surface area contributed by atoms with E-state index in [0.717, 1.165) is 74.3 Å². The van der Waals surface area contributed by atoms with Crippen molar-refractivity contribution in [1.29, 1.82) is 0 Å². The van der Waals surface area contributed by atoms with Crippen LogP contribution in [0.5, 0.6) is 11.5 Å². The smallest absolute Gasteiger partial charge is 0.191 e. The highest BCUT2D eigenvalue weighted by Gasteiger charge is 2.24. The number of aromatic nitrogens is 2. The average Bonchev–Trinajstić information content (AvgIpc) is 3.39. The van der Waals surface area contributed by atoms with Crippen LogP contribution >= 0.6 is 0 Å². The van der Waals surface area contributed by atoms with E-state index in [2.05, 4.69) is 51.7 Å². The largest absolute Gasteiger partial charge is 0.497 e. The maximum absolute atomic E-state index is 5.41. The van der Waals surface area contributed by atoms with Crippen LogP contribution in [0.15, 0.2) is 29.4 Å². The first-order chi connectivity index (χ1) is 14.6. The van der Waals surface area contributed by atoms with Crippen molar-refractivity contribution in [2.24, 2.45) is 4.99 Å². The third-order valence-corrected chi connectivity index (χ3v) is 5.38. The summed E-state index contributed by atoms with van der Waals surface area (Å²) in [6.07, 6.45) is 4.94. The van der Waals surface area contributed by atoms with Crippen molar-refractivity contribution in [2.75, 3.05) is 45.3 Å². The van der Waals surface area contributed by atoms with Crippen molar-refractivity contribution in [2.45, 2.75) is 39.2 Å². The number of H-pyrrole nitrogens is 1. The molecule has 0 saturated carbocycles. The van der Waals surface area contributed by atoms with Gasteiger partial charge in [0, 0.05) is 61.8 Å². The zero-order chi connectivity index (χ0) is 21.3. The number of nitrogens with zero attached hydrogens (tertiary/aromatic N) is 3. The van der Waals surface area contributed by atoms with Crippen LogP contribution in [0, 0.1) is 6.92 Å². The number of anilines is 1. The monoisotopic (exact) mass is 414 g/mol. The van der Waals surface area contributed by atoms with Gasteiger partial charge in [-0.3, -0.25) is 10.1 Å². The number of hydrogen-bond acceptors (Lipinski definition) is 5. The summed E-state index contributed by atoms with van der Waals surface area (Å²) in [4.78, 5) is 7.12. The fourth-order valence-corrected chi connectivity index (χ4v) is 3.69. The highest BCUT2D eigenvalue weighted by atomic mass is 16.5. The van der Waals surface area contributed by atoms with Gasteiger partial charge in [-0.25, -0.2) is 0 Å². The van der Waals surface area contributed by atoms with Crippen LogP contribution in [0.3, 0.4) is 0 Å². The first-order valence-electron chi connectivity index (χ1n) is 10.6. The van der Waals surface area contributed by atoms with Gasteiger partial charge in [0.15, 0.2) is 5.96 Å². The number of aliphatic imine (C=N–C) groups is 1. The summed E-state index contributed by atoms with van der Waals surface area (Å²) in [6, 6.07) is 6.36. The summed E-state index contributed by atoms with van der Waals surface area (Å²) in [5, 5.41) is 14.0. The van der Waals surface area contributed by atoms with Crippen LogP contribution in [0.4, 0.5) is 5.69 Å². The predicted octanol–water partition coefficient (Wildman–Crippen LogP) is 2.50.